The van der Waals surface area contributed by atoms with E-state index >= 15 is 0 Å². The van der Waals surface area contributed by atoms with E-state index in [-0.39, 0.29) is 24.2 Å². The van der Waals surface area contributed by atoms with Crippen molar-refractivity contribution in [1.82, 2.24) is 14.8 Å². The first-order valence-corrected chi connectivity index (χ1v) is 10.8. The van der Waals surface area contributed by atoms with Gasteiger partial charge >= 0.3 is 0 Å². The highest BCUT2D eigenvalue weighted by molar-refractivity contribution is 7.99. The van der Waals surface area contributed by atoms with Crippen LogP contribution in [-0.2, 0) is 11.3 Å². The fourth-order valence-corrected chi connectivity index (χ4v) is 3.85. The molecule has 0 bridgehead atoms. The molecule has 8 nitrogen and oxygen atoms in total. The van der Waals surface area contributed by atoms with Gasteiger partial charge in [0.25, 0.3) is 0 Å². The van der Waals surface area contributed by atoms with Gasteiger partial charge < -0.3 is 19.5 Å². The van der Waals surface area contributed by atoms with E-state index in [1.165, 1.54) is 17.8 Å². The summed E-state index contributed by atoms with van der Waals surface area (Å²) in [5.41, 5.74) is 0.611. The number of ether oxygens (including phenoxy) is 3. The third-order valence-electron chi connectivity index (χ3n) is 4.55. The van der Waals surface area contributed by atoms with Crippen molar-refractivity contribution < 1.29 is 23.4 Å². The number of carbonyl (C=O) groups excluding carboxylic acids is 1. The number of fused-ring (bicyclic) bond motifs is 1. The molecule has 1 N–H and O–H groups in total. The monoisotopic (exact) mass is 456 g/mol. The summed E-state index contributed by atoms with van der Waals surface area (Å²) >= 11 is 1.23. The number of anilines is 1. The molecule has 4 rings (SSSR count). The van der Waals surface area contributed by atoms with Gasteiger partial charge in [0.2, 0.25) is 12.7 Å². The van der Waals surface area contributed by atoms with Crippen LogP contribution in [0, 0.1) is 5.82 Å². The molecule has 2 aromatic carbocycles. The van der Waals surface area contributed by atoms with Gasteiger partial charge in [-0.05, 0) is 31.2 Å². The zero-order valence-corrected chi connectivity index (χ0v) is 18.1. The molecule has 32 heavy (non-hydrogen) atoms. The van der Waals surface area contributed by atoms with Crippen molar-refractivity contribution in [2.45, 2.75) is 24.7 Å². The molecule has 3 aromatic rings. The number of amides is 1. The summed E-state index contributed by atoms with van der Waals surface area (Å²) < 4.78 is 32.0. The van der Waals surface area contributed by atoms with Crippen LogP contribution < -0.4 is 19.5 Å². The molecule has 10 heteroatoms. The van der Waals surface area contributed by atoms with Gasteiger partial charge in [0, 0.05) is 18.3 Å². The van der Waals surface area contributed by atoms with Crippen molar-refractivity contribution in [3.8, 4) is 17.2 Å². The Labute approximate surface area is 188 Å². The predicted octanol–water partition coefficient (Wildman–Crippen LogP) is 4.20. The lowest BCUT2D eigenvalue weighted by Gasteiger charge is -2.16. The summed E-state index contributed by atoms with van der Waals surface area (Å²) in [6, 6.07) is 11.4. The lowest BCUT2D eigenvalue weighted by molar-refractivity contribution is -0.113. The number of nitrogens with zero attached hydrogens (tertiary/aromatic N) is 3. The number of hydrogen-bond acceptors (Lipinski definition) is 7. The molecule has 0 radical (unpaired) electrons. The summed E-state index contributed by atoms with van der Waals surface area (Å²) in [5.74, 6) is 1.33. The Morgan fingerprint density at radius 1 is 1.31 bits per heavy atom. The smallest absolute Gasteiger partial charge is 0.234 e. The van der Waals surface area contributed by atoms with E-state index in [9.17, 15) is 9.18 Å². The van der Waals surface area contributed by atoms with Gasteiger partial charge in [-0.1, -0.05) is 30.0 Å². The minimum Gasteiger partial charge on any atom is -0.480 e. The second-order valence-electron chi connectivity index (χ2n) is 6.84. The van der Waals surface area contributed by atoms with Crippen LogP contribution in [0.5, 0.6) is 17.2 Å². The fourth-order valence-electron chi connectivity index (χ4n) is 3.09. The Hall–Kier alpha value is -3.53. The molecule has 0 aliphatic carbocycles. The quantitative estimate of drug-likeness (QED) is 0.381. The average molecular weight is 456 g/mol. The normalized spacial score (nSPS) is 12.9. The lowest BCUT2D eigenvalue weighted by Crippen LogP contribution is -2.15. The largest absolute Gasteiger partial charge is 0.480 e. The van der Waals surface area contributed by atoms with Crippen LogP contribution in [0.2, 0.25) is 0 Å². The molecular weight excluding hydrogens is 435 g/mol. The summed E-state index contributed by atoms with van der Waals surface area (Å²) in [5, 5.41) is 11.7. The zero-order valence-electron chi connectivity index (χ0n) is 17.3. The van der Waals surface area contributed by atoms with Crippen molar-refractivity contribution in [3.05, 3.63) is 66.8 Å². The van der Waals surface area contributed by atoms with Gasteiger partial charge in [0.05, 0.1) is 5.75 Å². The molecular formula is C22H21FN4O4S. The van der Waals surface area contributed by atoms with Gasteiger partial charge in [0.1, 0.15) is 0 Å². The molecule has 2 heterocycles. The number of thioether (sulfide) groups is 1. The topological polar surface area (TPSA) is 87.5 Å². The van der Waals surface area contributed by atoms with E-state index in [2.05, 4.69) is 22.1 Å². The summed E-state index contributed by atoms with van der Waals surface area (Å²) in [6.45, 7) is 6.11. The van der Waals surface area contributed by atoms with E-state index in [0.717, 1.165) is 0 Å². The van der Waals surface area contributed by atoms with E-state index in [1.807, 2.05) is 0 Å². The van der Waals surface area contributed by atoms with Crippen molar-refractivity contribution in [2.75, 3.05) is 17.9 Å². The molecule has 0 fully saturated rings. The fraction of sp³-hybridized carbons (Fsp3) is 0.227. The highest BCUT2D eigenvalue weighted by atomic mass is 32.2. The lowest BCUT2D eigenvalue weighted by atomic mass is 10.3. The SMILES string of the molecule is C=CCn1c(SCC(=O)Nc2ccc3c(c2)OCO3)nnc1C(C)Oc1ccccc1F. The number of nitrogens with one attached hydrogen (secondary N) is 1. The number of rotatable bonds is 9. The van der Waals surface area contributed by atoms with Gasteiger partial charge in [-0.25, -0.2) is 4.39 Å². The van der Waals surface area contributed by atoms with E-state index in [1.54, 1.807) is 54.0 Å². The molecule has 0 saturated heterocycles. The van der Waals surface area contributed by atoms with Crippen molar-refractivity contribution >= 4 is 23.4 Å². The molecule has 1 unspecified atom stereocenters. The second kappa shape index (κ2) is 9.73. The summed E-state index contributed by atoms with van der Waals surface area (Å²) in [6.07, 6.45) is 1.13. The van der Waals surface area contributed by atoms with E-state index in [4.69, 9.17) is 14.2 Å². The number of allylic oxidation sites excluding steroid dienone is 1. The Morgan fingerprint density at radius 2 is 2.12 bits per heavy atom. The van der Waals surface area contributed by atoms with E-state index in [0.29, 0.717) is 34.7 Å². The highest BCUT2D eigenvalue weighted by Crippen LogP contribution is 2.34. The number of hydrogen-bond donors (Lipinski definition) is 1. The van der Waals surface area contributed by atoms with Gasteiger partial charge in [0.15, 0.2) is 40.2 Å². The van der Waals surface area contributed by atoms with Crippen LogP contribution >= 0.6 is 11.8 Å². The van der Waals surface area contributed by atoms with Gasteiger partial charge in [-0.3, -0.25) is 9.36 Å². The van der Waals surface area contributed by atoms with Crippen molar-refractivity contribution in [3.63, 3.8) is 0 Å². The Morgan fingerprint density at radius 3 is 2.94 bits per heavy atom. The minimum atomic E-state index is -0.559. The maximum atomic E-state index is 13.9. The highest BCUT2D eigenvalue weighted by Gasteiger charge is 2.21. The Bertz CT molecular complexity index is 1140. The van der Waals surface area contributed by atoms with Crippen LogP contribution in [0.4, 0.5) is 10.1 Å². The predicted molar refractivity (Wildman–Crippen MR) is 118 cm³/mol. The van der Waals surface area contributed by atoms with Gasteiger partial charge in [-0.2, -0.15) is 0 Å². The van der Waals surface area contributed by atoms with Crippen molar-refractivity contribution in [2.24, 2.45) is 0 Å². The molecule has 1 amide bonds. The first kappa shape index (κ1) is 21.7. The Kier molecular flexibility index (Phi) is 6.60. The molecule has 1 atom stereocenters. The van der Waals surface area contributed by atoms with Gasteiger partial charge in [-0.15, -0.1) is 16.8 Å². The number of benzene rings is 2. The zero-order chi connectivity index (χ0) is 22.5. The third kappa shape index (κ3) is 4.86. The maximum Gasteiger partial charge on any atom is 0.234 e. The van der Waals surface area contributed by atoms with E-state index < -0.39 is 11.9 Å². The molecule has 0 spiro atoms. The minimum absolute atomic E-state index is 0.117. The second-order valence-corrected chi connectivity index (χ2v) is 7.78. The standard InChI is InChI=1S/C22H21FN4O4S/c1-3-10-27-21(14(2)31-17-7-5-4-6-16(17)23)25-26-22(27)32-12-20(28)24-15-8-9-18-19(11-15)30-13-29-18/h3-9,11,14H,1,10,12-13H2,2H3,(H,24,28). The summed E-state index contributed by atoms with van der Waals surface area (Å²) in [4.78, 5) is 12.4. The third-order valence-corrected chi connectivity index (χ3v) is 5.52. The van der Waals surface area contributed by atoms with Crippen LogP contribution in [0.25, 0.3) is 0 Å². The molecule has 1 aliphatic rings. The van der Waals surface area contributed by atoms with Crippen LogP contribution in [0.3, 0.4) is 0 Å². The van der Waals surface area contributed by atoms with Crippen LogP contribution in [0.15, 0.2) is 60.3 Å². The van der Waals surface area contributed by atoms with Crippen molar-refractivity contribution in [1.29, 1.82) is 0 Å². The number of para-hydroxylation sites is 1. The molecule has 1 aliphatic heterocycles. The maximum absolute atomic E-state index is 13.9. The molecule has 0 saturated carbocycles. The Balaban J connectivity index is 1.41. The average Bonchev–Trinajstić information content (AvgIpc) is 3.41. The number of halogens is 1. The first-order valence-electron chi connectivity index (χ1n) is 9.82. The summed E-state index contributed by atoms with van der Waals surface area (Å²) in [7, 11) is 0. The first-order chi connectivity index (χ1) is 15.5. The van der Waals surface area contributed by atoms with Crippen LogP contribution in [0.1, 0.15) is 18.9 Å². The van der Waals surface area contributed by atoms with Crippen LogP contribution in [-0.4, -0.2) is 33.2 Å². The molecule has 1 aromatic heterocycles. The number of aromatic nitrogens is 3. The molecule has 166 valence electrons. The number of carbonyl (C=O) groups is 1.